The van der Waals surface area contributed by atoms with Gasteiger partial charge in [0.25, 0.3) is 5.91 Å². The highest BCUT2D eigenvalue weighted by Crippen LogP contribution is 2.32. The molecule has 2 N–H and O–H groups in total. The van der Waals surface area contributed by atoms with Crippen molar-refractivity contribution in [1.29, 1.82) is 0 Å². The molecule has 3 aromatic carbocycles. The summed E-state index contributed by atoms with van der Waals surface area (Å²) in [4.78, 5) is 29.0. The van der Waals surface area contributed by atoms with Crippen molar-refractivity contribution in [3.63, 3.8) is 0 Å². The number of halogens is 3. The number of amides is 1. The second kappa shape index (κ2) is 10.1. The van der Waals surface area contributed by atoms with E-state index in [1.165, 1.54) is 17.0 Å². The standard InChI is InChI=1S/C28H22F3N5O3/c1-3-39-27(38)25-23-9-6-18(12-24(23)34-35-25)17-4-7-21(8-5-17)33-26(37)19-10-20(28(29,30)31)13-22(11-19)36-14-16(2)32-15-36/h4-15H,3H2,1-2H3,(H,33,37)(H,34,35). The highest BCUT2D eigenvalue weighted by molar-refractivity contribution is 6.05. The second-order valence-electron chi connectivity index (χ2n) is 8.77. The number of hydrogen-bond donors (Lipinski definition) is 2. The molecule has 39 heavy (non-hydrogen) atoms. The third kappa shape index (κ3) is 5.37. The minimum absolute atomic E-state index is 0.141. The van der Waals surface area contributed by atoms with Crippen LogP contribution in [0.5, 0.6) is 0 Å². The number of nitrogens with zero attached hydrogens (tertiary/aromatic N) is 3. The normalized spacial score (nSPS) is 11.5. The van der Waals surface area contributed by atoms with Crippen LogP contribution >= 0.6 is 0 Å². The van der Waals surface area contributed by atoms with Gasteiger partial charge in [-0.05, 0) is 67.4 Å². The first-order valence-corrected chi connectivity index (χ1v) is 11.9. The van der Waals surface area contributed by atoms with Crippen molar-refractivity contribution in [2.75, 3.05) is 11.9 Å². The number of ether oxygens (including phenoxy) is 1. The Hall–Kier alpha value is -4.93. The number of aromatic amines is 1. The van der Waals surface area contributed by atoms with Gasteiger partial charge in [-0.3, -0.25) is 9.89 Å². The molecule has 11 heteroatoms. The van der Waals surface area contributed by atoms with Crippen molar-refractivity contribution in [1.82, 2.24) is 19.7 Å². The summed E-state index contributed by atoms with van der Waals surface area (Å²) in [6, 6.07) is 15.4. The van der Waals surface area contributed by atoms with E-state index < -0.39 is 23.6 Å². The summed E-state index contributed by atoms with van der Waals surface area (Å²) in [6.07, 6.45) is -1.66. The summed E-state index contributed by atoms with van der Waals surface area (Å²) in [5.41, 5.74) is 2.64. The zero-order chi connectivity index (χ0) is 27.7. The van der Waals surface area contributed by atoms with Crippen LogP contribution in [-0.2, 0) is 10.9 Å². The number of anilines is 1. The van der Waals surface area contributed by atoms with Gasteiger partial charge in [0.15, 0.2) is 5.69 Å². The Labute approximate surface area is 220 Å². The van der Waals surface area contributed by atoms with Crippen LogP contribution in [0.1, 0.15) is 39.0 Å². The van der Waals surface area contributed by atoms with E-state index in [4.69, 9.17) is 4.74 Å². The number of aryl methyl sites for hydroxylation is 1. The summed E-state index contributed by atoms with van der Waals surface area (Å²) >= 11 is 0. The lowest BCUT2D eigenvalue weighted by Gasteiger charge is -2.13. The van der Waals surface area contributed by atoms with E-state index in [9.17, 15) is 22.8 Å². The Morgan fingerprint density at radius 3 is 2.44 bits per heavy atom. The van der Waals surface area contributed by atoms with Crippen LogP contribution in [0.3, 0.4) is 0 Å². The van der Waals surface area contributed by atoms with Gasteiger partial charge in [-0.1, -0.05) is 18.2 Å². The zero-order valence-electron chi connectivity index (χ0n) is 20.8. The second-order valence-corrected chi connectivity index (χ2v) is 8.77. The average Bonchev–Trinajstić information content (AvgIpc) is 3.54. The fraction of sp³-hybridized carbons (Fsp3) is 0.143. The van der Waals surface area contributed by atoms with Crippen molar-refractivity contribution in [2.45, 2.75) is 20.0 Å². The van der Waals surface area contributed by atoms with Gasteiger partial charge in [0.1, 0.15) is 0 Å². The molecule has 5 aromatic rings. The Kier molecular flexibility index (Phi) is 6.65. The molecule has 0 saturated heterocycles. The number of hydrogen-bond acceptors (Lipinski definition) is 5. The number of carbonyl (C=O) groups excluding carboxylic acids is 2. The number of nitrogens with one attached hydrogen (secondary N) is 2. The lowest BCUT2D eigenvalue weighted by atomic mass is 10.0. The summed E-state index contributed by atoms with van der Waals surface area (Å²) in [5, 5.41) is 10.2. The van der Waals surface area contributed by atoms with Crippen molar-refractivity contribution < 1.29 is 27.5 Å². The third-order valence-electron chi connectivity index (χ3n) is 6.02. The topological polar surface area (TPSA) is 102 Å². The molecule has 0 atom stereocenters. The molecule has 0 bridgehead atoms. The molecular formula is C28H22F3N5O3. The highest BCUT2D eigenvalue weighted by Gasteiger charge is 2.32. The minimum Gasteiger partial charge on any atom is -0.461 e. The predicted molar refractivity (Wildman–Crippen MR) is 139 cm³/mol. The van der Waals surface area contributed by atoms with Crippen LogP contribution < -0.4 is 5.32 Å². The maximum Gasteiger partial charge on any atom is 0.416 e. The van der Waals surface area contributed by atoms with Crippen molar-refractivity contribution in [3.05, 3.63) is 95.7 Å². The summed E-state index contributed by atoms with van der Waals surface area (Å²) < 4.78 is 47.1. The van der Waals surface area contributed by atoms with Crippen LogP contribution in [0, 0.1) is 6.92 Å². The molecule has 0 aliphatic heterocycles. The molecule has 0 unspecified atom stereocenters. The molecule has 0 saturated carbocycles. The summed E-state index contributed by atoms with van der Waals surface area (Å²) in [6.45, 7) is 3.68. The predicted octanol–water partition coefficient (Wildman–Crippen LogP) is 6.17. The maximum atomic E-state index is 13.6. The zero-order valence-corrected chi connectivity index (χ0v) is 20.8. The largest absolute Gasteiger partial charge is 0.461 e. The Morgan fingerprint density at radius 2 is 1.77 bits per heavy atom. The fourth-order valence-corrected chi connectivity index (χ4v) is 4.12. The number of fused-ring (bicyclic) bond motifs is 1. The van der Waals surface area contributed by atoms with Gasteiger partial charge in [0.05, 0.1) is 29.7 Å². The molecule has 198 valence electrons. The van der Waals surface area contributed by atoms with E-state index in [2.05, 4.69) is 20.5 Å². The quantitative estimate of drug-likeness (QED) is 0.254. The van der Waals surface area contributed by atoms with Crippen LogP contribution in [-0.4, -0.2) is 38.2 Å². The molecular weight excluding hydrogens is 511 g/mol. The average molecular weight is 534 g/mol. The molecule has 0 aliphatic rings. The molecule has 0 aliphatic carbocycles. The van der Waals surface area contributed by atoms with Crippen LogP contribution in [0.25, 0.3) is 27.7 Å². The van der Waals surface area contributed by atoms with Crippen LogP contribution in [0.4, 0.5) is 18.9 Å². The van der Waals surface area contributed by atoms with Crippen LogP contribution in [0.15, 0.2) is 73.2 Å². The third-order valence-corrected chi connectivity index (χ3v) is 6.02. The summed E-state index contributed by atoms with van der Waals surface area (Å²) in [5.74, 6) is -1.19. The molecule has 2 heterocycles. The lowest BCUT2D eigenvalue weighted by Crippen LogP contribution is -2.15. The number of esters is 1. The monoisotopic (exact) mass is 533 g/mol. The van der Waals surface area contributed by atoms with Gasteiger partial charge in [-0.2, -0.15) is 18.3 Å². The SMILES string of the molecule is CCOC(=O)c1n[nH]c2cc(-c3ccc(NC(=O)c4cc(-n5cnc(C)c5)cc(C(F)(F)F)c4)cc3)ccc12. The van der Waals surface area contributed by atoms with Gasteiger partial charge in [0.2, 0.25) is 0 Å². The highest BCUT2D eigenvalue weighted by atomic mass is 19.4. The molecule has 1 amide bonds. The first-order chi connectivity index (χ1) is 18.6. The molecule has 0 spiro atoms. The molecule has 5 rings (SSSR count). The van der Waals surface area contributed by atoms with Crippen molar-refractivity contribution in [2.24, 2.45) is 0 Å². The number of H-pyrrole nitrogens is 1. The Morgan fingerprint density at radius 1 is 1.03 bits per heavy atom. The smallest absolute Gasteiger partial charge is 0.416 e. The van der Waals surface area contributed by atoms with Crippen LogP contribution in [0.2, 0.25) is 0 Å². The van der Waals surface area contributed by atoms with Crippen molar-refractivity contribution in [3.8, 4) is 16.8 Å². The lowest BCUT2D eigenvalue weighted by molar-refractivity contribution is -0.137. The van der Waals surface area contributed by atoms with E-state index in [1.807, 2.05) is 12.1 Å². The van der Waals surface area contributed by atoms with E-state index in [1.54, 1.807) is 50.4 Å². The number of alkyl halides is 3. The van der Waals surface area contributed by atoms with Crippen molar-refractivity contribution >= 4 is 28.5 Å². The van der Waals surface area contributed by atoms with E-state index in [0.717, 1.165) is 23.3 Å². The summed E-state index contributed by atoms with van der Waals surface area (Å²) in [7, 11) is 0. The Balaban J connectivity index is 1.37. The fourth-order valence-electron chi connectivity index (χ4n) is 4.12. The number of rotatable bonds is 6. The van der Waals surface area contributed by atoms with Gasteiger partial charge in [-0.15, -0.1) is 0 Å². The number of carbonyl (C=O) groups is 2. The van der Waals surface area contributed by atoms with Gasteiger partial charge >= 0.3 is 12.1 Å². The Bertz CT molecular complexity index is 1690. The van der Waals surface area contributed by atoms with Gasteiger partial charge in [0, 0.05) is 28.5 Å². The van der Waals surface area contributed by atoms with E-state index >= 15 is 0 Å². The van der Waals surface area contributed by atoms with Gasteiger partial charge in [-0.25, -0.2) is 9.78 Å². The maximum absolute atomic E-state index is 13.6. The first-order valence-electron chi connectivity index (χ1n) is 11.9. The van der Waals surface area contributed by atoms with Gasteiger partial charge < -0.3 is 14.6 Å². The first kappa shape index (κ1) is 25.7. The van der Waals surface area contributed by atoms with E-state index in [0.29, 0.717) is 22.3 Å². The number of aromatic nitrogens is 4. The van der Waals surface area contributed by atoms with E-state index in [-0.39, 0.29) is 23.6 Å². The number of benzene rings is 3. The minimum atomic E-state index is -4.63. The molecule has 0 radical (unpaired) electrons. The molecule has 8 nitrogen and oxygen atoms in total. The number of imidazole rings is 1. The molecule has 2 aromatic heterocycles. The molecule has 0 fully saturated rings.